The maximum atomic E-state index is 5.69. The summed E-state index contributed by atoms with van der Waals surface area (Å²) in [4.78, 5) is 15.8. The summed E-state index contributed by atoms with van der Waals surface area (Å²) >= 11 is 1.72. The fourth-order valence-electron chi connectivity index (χ4n) is 2.85. The third-order valence-electron chi connectivity index (χ3n) is 4.10. The second-order valence-corrected chi connectivity index (χ2v) is 6.61. The molecular formula is C18H19N5OS. The molecule has 1 aliphatic rings. The minimum Gasteiger partial charge on any atom is -0.378 e. The minimum atomic E-state index is 0.0548. The molecule has 1 saturated heterocycles. The van der Waals surface area contributed by atoms with E-state index >= 15 is 0 Å². The maximum Gasteiger partial charge on any atom is 0.150 e. The lowest BCUT2D eigenvalue weighted by Gasteiger charge is -2.34. The van der Waals surface area contributed by atoms with Gasteiger partial charge in [0.15, 0.2) is 0 Å². The van der Waals surface area contributed by atoms with Gasteiger partial charge in [-0.1, -0.05) is 6.07 Å². The Labute approximate surface area is 150 Å². The van der Waals surface area contributed by atoms with E-state index in [-0.39, 0.29) is 6.04 Å². The van der Waals surface area contributed by atoms with Crippen LogP contribution in [0.2, 0.25) is 0 Å². The van der Waals surface area contributed by atoms with Gasteiger partial charge in [0.05, 0.1) is 19.3 Å². The maximum absolute atomic E-state index is 5.69. The number of rotatable bonds is 5. The van der Waals surface area contributed by atoms with Crippen molar-refractivity contribution in [3.63, 3.8) is 0 Å². The summed E-state index contributed by atoms with van der Waals surface area (Å²) < 4.78 is 5.69. The second kappa shape index (κ2) is 7.69. The van der Waals surface area contributed by atoms with Crippen molar-refractivity contribution in [2.75, 3.05) is 25.1 Å². The summed E-state index contributed by atoms with van der Waals surface area (Å²) in [5, 5.41) is 7.52. The van der Waals surface area contributed by atoms with Gasteiger partial charge < -0.3 is 10.1 Å². The highest BCUT2D eigenvalue weighted by Crippen LogP contribution is 2.25. The molecule has 0 saturated carbocycles. The number of ether oxygens (including phenoxy) is 1. The molecule has 4 rings (SSSR count). The first kappa shape index (κ1) is 16.1. The zero-order chi connectivity index (χ0) is 16.9. The number of anilines is 2. The molecule has 0 aliphatic carbocycles. The smallest absolute Gasteiger partial charge is 0.150 e. The Kier molecular flexibility index (Phi) is 4.96. The van der Waals surface area contributed by atoms with E-state index in [0.717, 1.165) is 37.2 Å². The van der Waals surface area contributed by atoms with E-state index in [9.17, 15) is 0 Å². The summed E-state index contributed by atoms with van der Waals surface area (Å²) in [5.41, 5.74) is 1.32. The van der Waals surface area contributed by atoms with E-state index in [2.05, 4.69) is 42.0 Å². The van der Waals surface area contributed by atoms with Crippen molar-refractivity contribution in [3.05, 3.63) is 64.9 Å². The van der Waals surface area contributed by atoms with Crippen molar-refractivity contribution in [1.29, 1.82) is 0 Å². The third kappa shape index (κ3) is 4.01. The zero-order valence-corrected chi connectivity index (χ0v) is 14.5. The first-order valence-electron chi connectivity index (χ1n) is 8.22. The highest BCUT2D eigenvalue weighted by atomic mass is 32.1. The number of nitrogens with one attached hydrogen (secondary N) is 1. The summed E-state index contributed by atoms with van der Waals surface area (Å²) in [6.07, 6.45) is 3.53. The van der Waals surface area contributed by atoms with Gasteiger partial charge in [-0.3, -0.25) is 4.90 Å². The molecule has 25 heavy (non-hydrogen) atoms. The average molecular weight is 353 g/mol. The van der Waals surface area contributed by atoms with E-state index in [1.807, 2.05) is 24.3 Å². The molecule has 3 aromatic heterocycles. The number of thiophene rings is 1. The first-order chi connectivity index (χ1) is 12.4. The van der Waals surface area contributed by atoms with Crippen LogP contribution in [0.3, 0.4) is 0 Å². The van der Waals surface area contributed by atoms with E-state index < -0.39 is 0 Å². The van der Waals surface area contributed by atoms with Crippen LogP contribution in [0.4, 0.5) is 11.6 Å². The Morgan fingerprint density at radius 2 is 2.16 bits per heavy atom. The van der Waals surface area contributed by atoms with Gasteiger partial charge in [-0.2, -0.15) is 11.3 Å². The first-order valence-corrected chi connectivity index (χ1v) is 9.16. The monoisotopic (exact) mass is 353 g/mol. The molecule has 3 aromatic rings. The SMILES string of the molecule is c1ccc(Nc2ccnc([C@H]3COCCN3Cc3ccsc3)n2)nc1. The normalized spacial score (nSPS) is 18.2. The lowest BCUT2D eigenvalue weighted by atomic mass is 10.2. The molecule has 1 N–H and O–H groups in total. The van der Waals surface area contributed by atoms with Gasteiger partial charge in [0.1, 0.15) is 17.5 Å². The molecule has 1 aliphatic heterocycles. The highest BCUT2D eigenvalue weighted by Gasteiger charge is 2.27. The molecule has 4 heterocycles. The van der Waals surface area contributed by atoms with Crippen LogP contribution in [0.25, 0.3) is 0 Å². The predicted octanol–water partition coefficient (Wildman–Crippen LogP) is 3.25. The van der Waals surface area contributed by atoms with Crippen molar-refractivity contribution >= 4 is 23.0 Å². The van der Waals surface area contributed by atoms with Gasteiger partial charge in [-0.15, -0.1) is 0 Å². The molecule has 0 amide bonds. The van der Waals surface area contributed by atoms with Crippen LogP contribution in [0.5, 0.6) is 0 Å². The zero-order valence-electron chi connectivity index (χ0n) is 13.7. The molecule has 0 unspecified atom stereocenters. The number of pyridine rings is 1. The average Bonchev–Trinajstić information content (AvgIpc) is 3.16. The van der Waals surface area contributed by atoms with Gasteiger partial charge in [-0.25, -0.2) is 15.0 Å². The molecule has 0 bridgehead atoms. The van der Waals surface area contributed by atoms with Crippen molar-refractivity contribution in [1.82, 2.24) is 19.9 Å². The Hall–Kier alpha value is -2.35. The minimum absolute atomic E-state index is 0.0548. The number of hydrogen-bond acceptors (Lipinski definition) is 7. The van der Waals surface area contributed by atoms with E-state index in [0.29, 0.717) is 6.61 Å². The third-order valence-corrected chi connectivity index (χ3v) is 4.83. The van der Waals surface area contributed by atoms with Crippen LogP contribution < -0.4 is 5.32 Å². The van der Waals surface area contributed by atoms with Crippen LogP contribution >= 0.6 is 11.3 Å². The van der Waals surface area contributed by atoms with Gasteiger partial charge in [-0.05, 0) is 40.6 Å². The van der Waals surface area contributed by atoms with Crippen molar-refractivity contribution in [2.45, 2.75) is 12.6 Å². The largest absolute Gasteiger partial charge is 0.378 e. The Bertz CT molecular complexity index is 796. The van der Waals surface area contributed by atoms with Crippen LogP contribution in [0.1, 0.15) is 17.4 Å². The van der Waals surface area contributed by atoms with Crippen LogP contribution in [0, 0.1) is 0 Å². The molecule has 0 radical (unpaired) electrons. The Morgan fingerprint density at radius 3 is 3.00 bits per heavy atom. The van der Waals surface area contributed by atoms with Gasteiger partial charge in [0.25, 0.3) is 0 Å². The van der Waals surface area contributed by atoms with E-state index in [4.69, 9.17) is 4.74 Å². The lowest BCUT2D eigenvalue weighted by Crippen LogP contribution is -2.39. The van der Waals surface area contributed by atoms with Crippen LogP contribution in [0.15, 0.2) is 53.5 Å². The molecule has 6 nitrogen and oxygen atoms in total. The molecule has 1 fully saturated rings. The molecular weight excluding hydrogens is 334 g/mol. The topological polar surface area (TPSA) is 63.2 Å². The lowest BCUT2D eigenvalue weighted by molar-refractivity contribution is -0.0158. The Balaban J connectivity index is 1.53. The van der Waals surface area contributed by atoms with Crippen molar-refractivity contribution in [3.8, 4) is 0 Å². The molecule has 1 atom stereocenters. The van der Waals surface area contributed by atoms with E-state index in [1.54, 1.807) is 23.7 Å². The number of aromatic nitrogens is 3. The van der Waals surface area contributed by atoms with Crippen LogP contribution in [-0.2, 0) is 11.3 Å². The molecule has 0 spiro atoms. The second-order valence-electron chi connectivity index (χ2n) is 5.83. The van der Waals surface area contributed by atoms with Gasteiger partial charge in [0, 0.05) is 25.5 Å². The standard InChI is InChI=1S/C18H19N5OS/c1-2-6-19-16(3-1)21-17-4-7-20-18(22-17)15-12-24-9-8-23(15)11-14-5-10-25-13-14/h1-7,10,13,15H,8-9,11-12H2,(H,19,20,21,22)/t15-/m1/s1. The predicted molar refractivity (Wildman–Crippen MR) is 97.8 cm³/mol. The number of morpholine rings is 1. The van der Waals surface area contributed by atoms with Crippen LogP contribution in [-0.4, -0.2) is 39.6 Å². The highest BCUT2D eigenvalue weighted by molar-refractivity contribution is 7.07. The van der Waals surface area contributed by atoms with E-state index in [1.165, 1.54) is 5.56 Å². The Morgan fingerprint density at radius 1 is 1.16 bits per heavy atom. The fraction of sp³-hybridized carbons (Fsp3) is 0.278. The summed E-state index contributed by atoms with van der Waals surface area (Å²) in [6, 6.07) is 9.81. The van der Waals surface area contributed by atoms with Crippen molar-refractivity contribution < 1.29 is 4.74 Å². The number of nitrogens with zero attached hydrogens (tertiary/aromatic N) is 4. The fourth-order valence-corrected chi connectivity index (χ4v) is 3.51. The molecule has 7 heteroatoms. The summed E-state index contributed by atoms with van der Waals surface area (Å²) in [7, 11) is 0. The van der Waals surface area contributed by atoms with Crippen molar-refractivity contribution in [2.24, 2.45) is 0 Å². The quantitative estimate of drug-likeness (QED) is 0.760. The molecule has 0 aromatic carbocycles. The number of hydrogen-bond donors (Lipinski definition) is 1. The summed E-state index contributed by atoms with van der Waals surface area (Å²) in [5.74, 6) is 2.28. The van der Waals surface area contributed by atoms with Gasteiger partial charge in [0.2, 0.25) is 0 Å². The molecule has 128 valence electrons. The summed E-state index contributed by atoms with van der Waals surface area (Å²) in [6.45, 7) is 3.12. The van der Waals surface area contributed by atoms with Gasteiger partial charge >= 0.3 is 0 Å².